The second kappa shape index (κ2) is 7.38. The summed E-state index contributed by atoms with van der Waals surface area (Å²) >= 11 is 0. The van der Waals surface area contributed by atoms with Gasteiger partial charge in [-0.2, -0.15) is 0 Å². The van der Waals surface area contributed by atoms with Crippen molar-refractivity contribution in [3.8, 4) is 0 Å². The number of rotatable bonds is 8. The molecule has 2 aliphatic rings. The van der Waals surface area contributed by atoms with Gasteiger partial charge in [-0.25, -0.2) is 18.0 Å². The van der Waals surface area contributed by atoms with Crippen LogP contribution in [0.2, 0.25) is 0 Å². The average Bonchev–Trinajstić information content (AvgIpc) is 3.03. The first-order valence-corrected chi connectivity index (χ1v) is 8.53. The molecule has 2 saturated heterocycles. The Morgan fingerprint density at radius 1 is 1.20 bits per heavy atom. The molecule has 25 heavy (non-hydrogen) atoms. The zero-order valence-electron chi connectivity index (χ0n) is 13.5. The number of carbonyl (C=O) groups is 2. The SMILES string of the molecule is C=C(C)C(=O)OCC(=O)OC1CC2(CO)OC1(CO)CC2O[SH](=O)=O. The van der Waals surface area contributed by atoms with Crippen molar-refractivity contribution in [3.05, 3.63) is 12.2 Å². The monoisotopic (exact) mass is 380 g/mol. The Bertz CT molecular complexity index is 636. The van der Waals surface area contributed by atoms with Crippen molar-refractivity contribution in [2.45, 2.75) is 43.2 Å². The van der Waals surface area contributed by atoms with E-state index in [1.54, 1.807) is 0 Å². The minimum absolute atomic E-state index is 0.0714. The number of esters is 2. The van der Waals surface area contributed by atoms with E-state index in [9.17, 15) is 28.2 Å². The van der Waals surface area contributed by atoms with Crippen molar-refractivity contribution in [2.75, 3.05) is 19.8 Å². The Balaban J connectivity index is 2.05. The molecular formula is C14H20O10S. The molecule has 142 valence electrons. The molecule has 2 fully saturated rings. The first-order valence-electron chi connectivity index (χ1n) is 7.43. The molecule has 4 atom stereocenters. The molecule has 2 bridgehead atoms. The highest BCUT2D eigenvalue weighted by Gasteiger charge is 2.68. The van der Waals surface area contributed by atoms with Crippen LogP contribution in [0.4, 0.5) is 0 Å². The van der Waals surface area contributed by atoms with E-state index >= 15 is 0 Å². The van der Waals surface area contributed by atoms with E-state index in [0.717, 1.165) is 0 Å². The topological polar surface area (TPSA) is 146 Å². The van der Waals surface area contributed by atoms with Gasteiger partial charge in [0.15, 0.2) is 6.61 Å². The molecule has 0 aliphatic carbocycles. The summed E-state index contributed by atoms with van der Waals surface area (Å²) in [6.45, 7) is 2.99. The number of thiol groups is 1. The first kappa shape index (κ1) is 19.8. The fraction of sp³-hybridized carbons (Fsp3) is 0.714. The lowest BCUT2D eigenvalue weighted by Gasteiger charge is -2.33. The van der Waals surface area contributed by atoms with Crippen LogP contribution in [0, 0.1) is 0 Å². The lowest BCUT2D eigenvalue weighted by molar-refractivity contribution is -0.170. The van der Waals surface area contributed by atoms with E-state index in [2.05, 4.69) is 11.3 Å². The lowest BCUT2D eigenvalue weighted by atomic mass is 9.78. The highest BCUT2D eigenvalue weighted by atomic mass is 32.2. The minimum atomic E-state index is -3.18. The molecule has 4 unspecified atom stereocenters. The normalized spacial score (nSPS) is 33.4. The van der Waals surface area contributed by atoms with Gasteiger partial charge in [-0.15, -0.1) is 0 Å². The van der Waals surface area contributed by atoms with Gasteiger partial charge in [-0.05, 0) is 6.92 Å². The van der Waals surface area contributed by atoms with Crippen LogP contribution in [0.3, 0.4) is 0 Å². The summed E-state index contributed by atoms with van der Waals surface area (Å²) in [4.78, 5) is 23.1. The third-order valence-electron chi connectivity index (χ3n) is 4.33. The van der Waals surface area contributed by atoms with Crippen LogP contribution in [-0.2, 0) is 39.0 Å². The summed E-state index contributed by atoms with van der Waals surface area (Å²) in [5.41, 5.74) is -2.68. The number of aliphatic hydroxyl groups is 2. The molecule has 0 saturated carbocycles. The molecule has 0 aromatic rings. The molecule has 2 aliphatic heterocycles. The molecule has 2 N–H and O–H groups in total. The van der Waals surface area contributed by atoms with Crippen molar-refractivity contribution in [1.82, 2.24) is 0 Å². The third-order valence-corrected chi connectivity index (χ3v) is 4.76. The number of carbonyl (C=O) groups excluding carboxylic acids is 2. The van der Waals surface area contributed by atoms with Crippen molar-refractivity contribution in [2.24, 2.45) is 0 Å². The Kier molecular flexibility index (Phi) is 5.84. The van der Waals surface area contributed by atoms with Gasteiger partial charge in [-0.1, -0.05) is 6.58 Å². The molecule has 0 amide bonds. The standard InChI is InChI=1S/C14H20O10S/c1-8(2)12(18)21-5-11(17)22-9-3-14(7-16)10(23-25(19)20)4-13(9,6-15)24-14/h9-10,15-16,25H,1,3-7H2,2H3. The molecule has 11 heteroatoms. The molecule has 2 heterocycles. The predicted molar refractivity (Wildman–Crippen MR) is 80.8 cm³/mol. The van der Waals surface area contributed by atoms with E-state index in [1.165, 1.54) is 6.92 Å². The zero-order valence-corrected chi connectivity index (χ0v) is 14.4. The summed E-state index contributed by atoms with van der Waals surface area (Å²) < 4.78 is 41.9. The second-order valence-corrected chi connectivity index (χ2v) is 6.77. The summed E-state index contributed by atoms with van der Waals surface area (Å²) in [5.74, 6) is -1.62. The fourth-order valence-corrected chi connectivity index (χ4v) is 3.58. The lowest BCUT2D eigenvalue weighted by Crippen LogP contribution is -2.50. The van der Waals surface area contributed by atoms with Crippen LogP contribution in [0.25, 0.3) is 0 Å². The highest BCUT2D eigenvalue weighted by Crippen LogP contribution is 2.53. The van der Waals surface area contributed by atoms with Crippen molar-refractivity contribution in [1.29, 1.82) is 0 Å². The van der Waals surface area contributed by atoms with Gasteiger partial charge in [0.2, 0.25) is 0 Å². The molecule has 0 spiro atoms. The minimum Gasteiger partial charge on any atom is -0.457 e. The van der Waals surface area contributed by atoms with Gasteiger partial charge < -0.3 is 24.4 Å². The Hall–Kier alpha value is -1.53. The maximum absolute atomic E-state index is 11.9. The second-order valence-electron chi connectivity index (χ2n) is 6.11. The van der Waals surface area contributed by atoms with Gasteiger partial charge in [-0.3, -0.25) is 4.18 Å². The maximum Gasteiger partial charge on any atom is 0.344 e. The number of ether oxygens (including phenoxy) is 3. The molecule has 0 aromatic heterocycles. The predicted octanol–water partition coefficient (Wildman–Crippen LogP) is -1.78. The van der Waals surface area contributed by atoms with E-state index < -0.39 is 66.2 Å². The number of hydrogen-bond donors (Lipinski definition) is 3. The van der Waals surface area contributed by atoms with E-state index in [-0.39, 0.29) is 18.4 Å². The highest BCUT2D eigenvalue weighted by molar-refractivity contribution is 7.67. The average molecular weight is 380 g/mol. The molecule has 0 radical (unpaired) electrons. The Morgan fingerprint density at radius 3 is 2.28 bits per heavy atom. The van der Waals surface area contributed by atoms with Crippen molar-refractivity contribution >= 4 is 22.9 Å². The molecule has 10 nitrogen and oxygen atoms in total. The van der Waals surface area contributed by atoms with Gasteiger partial charge in [0.25, 0.3) is 11.0 Å². The van der Waals surface area contributed by atoms with Crippen LogP contribution in [0.1, 0.15) is 19.8 Å². The number of aliphatic hydroxyl groups excluding tert-OH is 2. The molecule has 2 rings (SSSR count). The van der Waals surface area contributed by atoms with Crippen molar-refractivity contribution in [3.63, 3.8) is 0 Å². The van der Waals surface area contributed by atoms with Gasteiger partial charge in [0.05, 0.1) is 13.2 Å². The number of fused-ring (bicyclic) bond motifs is 2. The van der Waals surface area contributed by atoms with Gasteiger partial charge in [0, 0.05) is 18.4 Å². The van der Waals surface area contributed by atoms with Crippen LogP contribution < -0.4 is 0 Å². The van der Waals surface area contributed by atoms with E-state index in [1.807, 2.05) is 0 Å². The summed E-state index contributed by atoms with van der Waals surface area (Å²) in [5, 5.41) is 19.3. The third kappa shape index (κ3) is 3.85. The van der Waals surface area contributed by atoms with Crippen LogP contribution in [-0.4, -0.2) is 73.8 Å². The fourth-order valence-electron chi connectivity index (χ4n) is 3.11. The Labute approximate surface area is 145 Å². The van der Waals surface area contributed by atoms with Crippen LogP contribution >= 0.6 is 0 Å². The van der Waals surface area contributed by atoms with E-state index in [0.29, 0.717) is 0 Å². The zero-order chi connectivity index (χ0) is 18.8. The Morgan fingerprint density at radius 2 is 1.76 bits per heavy atom. The number of hydrogen-bond acceptors (Lipinski definition) is 10. The quantitative estimate of drug-likeness (QED) is 0.251. The maximum atomic E-state index is 11.9. The summed E-state index contributed by atoms with van der Waals surface area (Å²) in [6, 6.07) is 0. The van der Waals surface area contributed by atoms with Crippen molar-refractivity contribution < 1.29 is 46.6 Å². The largest absolute Gasteiger partial charge is 0.457 e. The molecular weight excluding hydrogens is 360 g/mol. The van der Waals surface area contributed by atoms with Crippen LogP contribution in [0.15, 0.2) is 12.2 Å². The summed E-state index contributed by atoms with van der Waals surface area (Å²) in [7, 11) is -3.18. The summed E-state index contributed by atoms with van der Waals surface area (Å²) in [6.07, 6.45) is -2.11. The smallest absolute Gasteiger partial charge is 0.344 e. The van der Waals surface area contributed by atoms with Crippen LogP contribution in [0.5, 0.6) is 0 Å². The van der Waals surface area contributed by atoms with E-state index in [4.69, 9.17) is 13.7 Å². The molecule has 0 aromatic carbocycles. The van der Waals surface area contributed by atoms with Gasteiger partial charge in [0.1, 0.15) is 23.4 Å². The van der Waals surface area contributed by atoms with Gasteiger partial charge >= 0.3 is 11.9 Å². The first-order chi connectivity index (χ1) is 11.7.